The van der Waals surface area contributed by atoms with Gasteiger partial charge in [0.05, 0.1) is 5.52 Å². The lowest BCUT2D eigenvalue weighted by Crippen LogP contribution is -2.29. The Kier molecular flexibility index (Phi) is 8.30. The first-order valence-corrected chi connectivity index (χ1v) is 9.19. The van der Waals surface area contributed by atoms with E-state index < -0.39 is 0 Å². The Morgan fingerprint density at radius 1 is 0.926 bits per heavy atom. The van der Waals surface area contributed by atoms with Gasteiger partial charge in [-0.05, 0) is 54.6 Å². The topological polar surface area (TPSA) is 16.1 Å². The summed E-state index contributed by atoms with van der Waals surface area (Å²) in [7, 11) is 0. The standard InChI is InChI=1S/C23H24N2.2ClH/c1-2-8-20(9-3-1)21-12-15-25(16-13-21)14-6-7-19-17-22-10-4-5-11-23(22)24-18-19;;/h1-5,8-12,17-18H,6-7,13-16H2;2*1H. The van der Waals surface area contributed by atoms with E-state index in [0.717, 1.165) is 38.0 Å². The first kappa shape index (κ1) is 21.4. The second-order valence-electron chi connectivity index (χ2n) is 6.79. The van der Waals surface area contributed by atoms with Crippen molar-refractivity contribution in [3.8, 4) is 0 Å². The summed E-state index contributed by atoms with van der Waals surface area (Å²) in [4.78, 5) is 7.12. The molecular formula is C23H26Cl2N2. The molecule has 27 heavy (non-hydrogen) atoms. The number of benzene rings is 2. The van der Waals surface area contributed by atoms with Crippen LogP contribution < -0.4 is 0 Å². The summed E-state index contributed by atoms with van der Waals surface area (Å²) in [5.41, 5.74) is 5.30. The predicted octanol–water partition coefficient (Wildman–Crippen LogP) is 5.80. The van der Waals surface area contributed by atoms with E-state index in [2.05, 4.69) is 70.6 Å². The average molecular weight is 401 g/mol. The van der Waals surface area contributed by atoms with Gasteiger partial charge in [0.2, 0.25) is 0 Å². The summed E-state index contributed by atoms with van der Waals surface area (Å²) in [5, 5.41) is 1.24. The summed E-state index contributed by atoms with van der Waals surface area (Å²) >= 11 is 0. The third-order valence-electron chi connectivity index (χ3n) is 5.02. The fourth-order valence-electron chi connectivity index (χ4n) is 3.59. The lowest BCUT2D eigenvalue weighted by Gasteiger charge is -2.26. The van der Waals surface area contributed by atoms with E-state index in [9.17, 15) is 0 Å². The summed E-state index contributed by atoms with van der Waals surface area (Å²) in [6.07, 6.45) is 7.88. The zero-order valence-electron chi connectivity index (χ0n) is 15.4. The van der Waals surface area contributed by atoms with Gasteiger partial charge in [-0.2, -0.15) is 0 Å². The van der Waals surface area contributed by atoms with E-state index in [1.165, 1.54) is 28.5 Å². The molecule has 0 spiro atoms. The maximum absolute atomic E-state index is 4.57. The van der Waals surface area contributed by atoms with Crippen molar-refractivity contribution in [2.45, 2.75) is 19.3 Å². The molecule has 0 saturated heterocycles. The van der Waals surface area contributed by atoms with Gasteiger partial charge < -0.3 is 0 Å². The van der Waals surface area contributed by atoms with Crippen LogP contribution in [0.25, 0.3) is 16.5 Å². The molecule has 2 heterocycles. The van der Waals surface area contributed by atoms with Crippen LogP contribution in [0, 0.1) is 0 Å². The van der Waals surface area contributed by atoms with Crippen LogP contribution in [0.2, 0.25) is 0 Å². The fourth-order valence-corrected chi connectivity index (χ4v) is 3.59. The molecule has 4 heteroatoms. The van der Waals surface area contributed by atoms with Crippen molar-refractivity contribution in [3.63, 3.8) is 0 Å². The van der Waals surface area contributed by atoms with Crippen LogP contribution in [0.4, 0.5) is 0 Å². The Morgan fingerprint density at radius 2 is 1.70 bits per heavy atom. The first-order valence-electron chi connectivity index (χ1n) is 9.19. The third-order valence-corrected chi connectivity index (χ3v) is 5.02. The molecule has 0 aliphatic carbocycles. The highest BCUT2D eigenvalue weighted by Gasteiger charge is 2.12. The number of rotatable bonds is 5. The Balaban J connectivity index is 0.00000131. The molecule has 0 unspecified atom stereocenters. The molecule has 1 aliphatic heterocycles. The molecule has 1 aromatic heterocycles. The lowest BCUT2D eigenvalue weighted by atomic mass is 9.99. The van der Waals surface area contributed by atoms with Crippen LogP contribution in [-0.2, 0) is 6.42 Å². The minimum Gasteiger partial charge on any atom is -0.299 e. The van der Waals surface area contributed by atoms with Crippen LogP contribution in [0.5, 0.6) is 0 Å². The largest absolute Gasteiger partial charge is 0.299 e. The quantitative estimate of drug-likeness (QED) is 0.537. The monoisotopic (exact) mass is 400 g/mol. The Bertz CT molecular complexity index is 878. The normalized spacial score (nSPS) is 14.1. The van der Waals surface area contributed by atoms with Crippen molar-refractivity contribution < 1.29 is 0 Å². The highest BCUT2D eigenvalue weighted by atomic mass is 35.5. The van der Waals surface area contributed by atoms with Crippen LogP contribution in [-0.4, -0.2) is 29.5 Å². The predicted molar refractivity (Wildman–Crippen MR) is 120 cm³/mol. The van der Waals surface area contributed by atoms with Gasteiger partial charge in [0.15, 0.2) is 0 Å². The third kappa shape index (κ3) is 5.55. The molecule has 0 saturated carbocycles. The fraction of sp³-hybridized carbons (Fsp3) is 0.261. The Hall–Kier alpha value is -1.87. The van der Waals surface area contributed by atoms with E-state index in [4.69, 9.17) is 0 Å². The van der Waals surface area contributed by atoms with Gasteiger partial charge in [-0.25, -0.2) is 0 Å². The number of hydrogen-bond donors (Lipinski definition) is 0. The zero-order chi connectivity index (χ0) is 16.9. The summed E-state index contributed by atoms with van der Waals surface area (Å²) in [5.74, 6) is 0. The van der Waals surface area contributed by atoms with Crippen molar-refractivity contribution in [1.82, 2.24) is 9.88 Å². The van der Waals surface area contributed by atoms with E-state index in [0.29, 0.717) is 0 Å². The number of para-hydroxylation sites is 1. The molecule has 2 nitrogen and oxygen atoms in total. The molecule has 142 valence electrons. The maximum atomic E-state index is 4.57. The molecular weight excluding hydrogens is 375 g/mol. The summed E-state index contributed by atoms with van der Waals surface area (Å²) in [6, 6.07) is 21.4. The SMILES string of the molecule is C1=C(c2ccccc2)CCN(CCCc2cnc3ccccc3c2)C1.Cl.Cl. The molecule has 0 atom stereocenters. The minimum absolute atomic E-state index is 0. The number of hydrogen-bond acceptors (Lipinski definition) is 2. The van der Waals surface area contributed by atoms with Crippen LogP contribution in [0.1, 0.15) is 24.0 Å². The minimum atomic E-state index is 0. The van der Waals surface area contributed by atoms with Crippen molar-refractivity contribution in [1.29, 1.82) is 0 Å². The van der Waals surface area contributed by atoms with Crippen molar-refractivity contribution in [3.05, 3.63) is 84.1 Å². The Morgan fingerprint density at radius 3 is 2.48 bits per heavy atom. The van der Waals surface area contributed by atoms with Gasteiger partial charge in [-0.3, -0.25) is 9.88 Å². The van der Waals surface area contributed by atoms with Gasteiger partial charge in [0.25, 0.3) is 0 Å². The molecule has 3 aromatic rings. The number of nitrogens with zero attached hydrogens (tertiary/aromatic N) is 2. The second kappa shape index (κ2) is 10.5. The summed E-state index contributed by atoms with van der Waals surface area (Å²) in [6.45, 7) is 3.39. The smallest absolute Gasteiger partial charge is 0.0702 e. The summed E-state index contributed by atoms with van der Waals surface area (Å²) < 4.78 is 0. The van der Waals surface area contributed by atoms with E-state index >= 15 is 0 Å². The van der Waals surface area contributed by atoms with Crippen LogP contribution in [0.3, 0.4) is 0 Å². The number of aryl methyl sites for hydroxylation is 1. The highest BCUT2D eigenvalue weighted by Crippen LogP contribution is 2.22. The number of pyridine rings is 1. The molecule has 0 fully saturated rings. The van der Waals surface area contributed by atoms with Gasteiger partial charge >= 0.3 is 0 Å². The molecule has 0 N–H and O–H groups in total. The van der Waals surface area contributed by atoms with Crippen LogP contribution >= 0.6 is 24.8 Å². The number of halogens is 2. The Labute approximate surface area is 174 Å². The molecule has 0 bridgehead atoms. The molecule has 0 radical (unpaired) electrons. The molecule has 1 aliphatic rings. The van der Waals surface area contributed by atoms with Gasteiger partial charge in [-0.15, -0.1) is 24.8 Å². The second-order valence-corrected chi connectivity index (χ2v) is 6.79. The van der Waals surface area contributed by atoms with Gasteiger partial charge in [0.1, 0.15) is 0 Å². The highest BCUT2D eigenvalue weighted by molar-refractivity contribution is 5.85. The molecule has 2 aromatic carbocycles. The zero-order valence-corrected chi connectivity index (χ0v) is 17.0. The van der Waals surface area contributed by atoms with Crippen molar-refractivity contribution in [2.75, 3.05) is 19.6 Å². The van der Waals surface area contributed by atoms with E-state index in [1.807, 2.05) is 12.3 Å². The van der Waals surface area contributed by atoms with Gasteiger partial charge in [-0.1, -0.05) is 54.6 Å². The van der Waals surface area contributed by atoms with Crippen molar-refractivity contribution >= 4 is 41.3 Å². The van der Waals surface area contributed by atoms with E-state index in [-0.39, 0.29) is 24.8 Å². The molecule has 4 rings (SSSR count). The molecule has 0 amide bonds. The first-order chi connectivity index (χ1) is 12.4. The van der Waals surface area contributed by atoms with Crippen LogP contribution in [0.15, 0.2) is 72.9 Å². The van der Waals surface area contributed by atoms with Gasteiger partial charge in [0, 0.05) is 24.7 Å². The average Bonchev–Trinajstić information content (AvgIpc) is 2.69. The van der Waals surface area contributed by atoms with Crippen molar-refractivity contribution in [2.24, 2.45) is 0 Å². The number of fused-ring (bicyclic) bond motifs is 1. The maximum Gasteiger partial charge on any atom is 0.0702 e. The number of aromatic nitrogens is 1. The lowest BCUT2D eigenvalue weighted by molar-refractivity contribution is 0.298. The van der Waals surface area contributed by atoms with E-state index in [1.54, 1.807) is 0 Å².